The second-order valence-corrected chi connectivity index (χ2v) is 8.81. The highest BCUT2D eigenvalue weighted by molar-refractivity contribution is 6.11. The molecule has 1 saturated heterocycles. The monoisotopic (exact) mass is 423 g/mol. The number of ketones is 1. The van der Waals surface area contributed by atoms with Gasteiger partial charge in [-0.15, -0.1) is 0 Å². The van der Waals surface area contributed by atoms with Crippen LogP contribution in [0.25, 0.3) is 0 Å². The molecule has 1 aliphatic heterocycles. The molecule has 2 aromatic rings. The molecule has 3 amide bonds. The fraction of sp³-hybridized carbons (Fsp3) is 0.458. The number of imide groups is 1. The Hall–Kier alpha value is -3.09. The lowest BCUT2D eigenvalue weighted by molar-refractivity contribution is -0.130. The number of carbonyl (C=O) groups excluding carboxylic acids is 3. The molecule has 1 aliphatic carbocycles. The van der Waals surface area contributed by atoms with Crippen molar-refractivity contribution in [3.8, 4) is 5.75 Å². The minimum Gasteiger partial charge on any atom is -0.497 e. The van der Waals surface area contributed by atoms with Crippen molar-refractivity contribution in [3.05, 3.63) is 52.8 Å². The number of carbonyl (C=O) groups is 3. The van der Waals surface area contributed by atoms with Crippen molar-refractivity contribution >= 4 is 17.7 Å². The summed E-state index contributed by atoms with van der Waals surface area (Å²) in [5.41, 5.74) is 2.58. The van der Waals surface area contributed by atoms with Crippen molar-refractivity contribution in [3.63, 3.8) is 0 Å². The minimum atomic E-state index is -1.03. The molecule has 1 atom stereocenters. The van der Waals surface area contributed by atoms with Gasteiger partial charge in [-0.2, -0.15) is 0 Å². The first-order valence-corrected chi connectivity index (χ1v) is 10.7. The molecule has 1 aromatic carbocycles. The number of amides is 3. The lowest BCUT2D eigenvalue weighted by Gasteiger charge is -2.21. The third-order valence-corrected chi connectivity index (χ3v) is 6.42. The summed E-state index contributed by atoms with van der Waals surface area (Å²) in [5.74, 6) is 0.212. The molecule has 0 spiro atoms. The quantitative estimate of drug-likeness (QED) is 0.520. The zero-order chi connectivity index (χ0) is 22.3. The molecule has 164 valence electrons. The lowest BCUT2D eigenvalue weighted by Crippen LogP contribution is -2.44. The summed E-state index contributed by atoms with van der Waals surface area (Å²) in [5, 5.41) is 2.79. The van der Waals surface area contributed by atoms with Gasteiger partial charge in [-0.1, -0.05) is 12.1 Å². The summed E-state index contributed by atoms with van der Waals surface area (Å²) in [6.07, 6.45) is 3.33. The summed E-state index contributed by atoms with van der Waals surface area (Å²) >= 11 is 0. The average molecular weight is 424 g/mol. The first-order chi connectivity index (χ1) is 14.7. The number of Topliss-reactive ketones (excluding diaryl/α,β-unsaturated/α-hetero) is 1. The molecule has 2 aliphatic rings. The van der Waals surface area contributed by atoms with Crippen LogP contribution >= 0.6 is 0 Å². The minimum absolute atomic E-state index is 0.206. The Bertz CT molecular complexity index is 1040. The van der Waals surface area contributed by atoms with E-state index in [4.69, 9.17) is 4.74 Å². The first-order valence-electron chi connectivity index (χ1n) is 10.7. The van der Waals surface area contributed by atoms with Gasteiger partial charge in [-0.05, 0) is 70.2 Å². The van der Waals surface area contributed by atoms with Crippen molar-refractivity contribution in [2.24, 2.45) is 0 Å². The molecular formula is C24H29N3O4. The maximum atomic E-state index is 13.1. The van der Waals surface area contributed by atoms with Crippen molar-refractivity contribution in [1.29, 1.82) is 0 Å². The highest BCUT2D eigenvalue weighted by Gasteiger charge is 2.48. The number of urea groups is 1. The number of hydrogen-bond donors (Lipinski definition) is 1. The molecule has 1 saturated carbocycles. The predicted molar refractivity (Wildman–Crippen MR) is 116 cm³/mol. The van der Waals surface area contributed by atoms with Crippen LogP contribution < -0.4 is 10.1 Å². The van der Waals surface area contributed by atoms with Crippen LogP contribution in [0.1, 0.15) is 59.5 Å². The Balaban J connectivity index is 1.44. The molecule has 31 heavy (non-hydrogen) atoms. The second-order valence-electron chi connectivity index (χ2n) is 8.81. The van der Waals surface area contributed by atoms with Crippen molar-refractivity contribution in [2.75, 3.05) is 13.7 Å². The van der Waals surface area contributed by atoms with E-state index in [0.717, 1.165) is 40.4 Å². The zero-order valence-corrected chi connectivity index (χ0v) is 18.5. The third kappa shape index (κ3) is 3.96. The van der Waals surface area contributed by atoms with Crippen LogP contribution in [0.3, 0.4) is 0 Å². The van der Waals surface area contributed by atoms with E-state index in [9.17, 15) is 14.4 Å². The number of methoxy groups -OCH3 is 1. The molecule has 1 N–H and O–H groups in total. The summed E-state index contributed by atoms with van der Waals surface area (Å²) < 4.78 is 7.36. The Kier molecular flexibility index (Phi) is 5.37. The maximum absolute atomic E-state index is 13.1. The molecule has 7 nitrogen and oxygen atoms in total. The summed E-state index contributed by atoms with van der Waals surface area (Å²) in [6.45, 7) is 5.41. The lowest BCUT2D eigenvalue weighted by atomic mass is 9.93. The van der Waals surface area contributed by atoms with Crippen LogP contribution in [0.4, 0.5) is 4.79 Å². The molecule has 0 bridgehead atoms. The number of nitrogens with one attached hydrogen (secondary N) is 1. The van der Waals surface area contributed by atoms with Crippen LogP contribution in [0.15, 0.2) is 30.3 Å². The smallest absolute Gasteiger partial charge is 0.325 e. The maximum Gasteiger partial charge on any atom is 0.325 e. The Labute approximate surface area is 182 Å². The van der Waals surface area contributed by atoms with E-state index in [2.05, 4.69) is 9.88 Å². The number of hydrogen-bond acceptors (Lipinski definition) is 4. The van der Waals surface area contributed by atoms with Gasteiger partial charge in [-0.25, -0.2) is 4.79 Å². The van der Waals surface area contributed by atoms with E-state index in [-0.39, 0.29) is 18.2 Å². The molecule has 2 heterocycles. The van der Waals surface area contributed by atoms with Crippen molar-refractivity contribution in [1.82, 2.24) is 14.8 Å². The van der Waals surface area contributed by atoms with Crippen LogP contribution in [-0.2, 0) is 11.2 Å². The Morgan fingerprint density at radius 2 is 1.87 bits per heavy atom. The second kappa shape index (κ2) is 7.87. The van der Waals surface area contributed by atoms with Crippen LogP contribution in [0.2, 0.25) is 0 Å². The van der Waals surface area contributed by atoms with E-state index >= 15 is 0 Å². The van der Waals surface area contributed by atoms with Crippen molar-refractivity contribution in [2.45, 2.75) is 58.0 Å². The number of aromatic nitrogens is 1. The van der Waals surface area contributed by atoms with E-state index in [1.54, 1.807) is 14.0 Å². The molecular weight excluding hydrogens is 394 g/mol. The molecule has 7 heteroatoms. The molecule has 0 unspecified atom stereocenters. The standard InChI is InChI=1S/C24H29N3O4/c1-15-13-20(16(2)27(15)18-7-8-18)21(28)14-26-22(29)24(3,25-23(26)30)12-11-17-5-9-19(31-4)10-6-17/h5-6,9-10,13,18H,7-8,11-12,14H2,1-4H3,(H,25,30)/t24-/m1/s1. The largest absolute Gasteiger partial charge is 0.497 e. The highest BCUT2D eigenvalue weighted by atomic mass is 16.5. The number of rotatable bonds is 8. The number of ether oxygens (including phenoxy) is 1. The number of benzene rings is 1. The SMILES string of the molecule is COc1ccc(CC[C@@]2(C)NC(=O)N(CC(=O)c3cc(C)n(C4CC4)c3C)C2=O)cc1. The van der Waals surface area contributed by atoms with Crippen LogP contribution in [-0.4, -0.2) is 46.4 Å². The van der Waals surface area contributed by atoms with Gasteiger partial charge in [0.05, 0.1) is 13.7 Å². The third-order valence-electron chi connectivity index (χ3n) is 6.42. The van der Waals surface area contributed by atoms with E-state index in [1.807, 2.05) is 44.2 Å². The fourth-order valence-corrected chi connectivity index (χ4v) is 4.43. The van der Waals surface area contributed by atoms with Gasteiger partial charge in [0.15, 0.2) is 5.78 Å². The average Bonchev–Trinajstić information content (AvgIpc) is 3.50. The van der Waals surface area contributed by atoms with E-state index < -0.39 is 11.6 Å². The Morgan fingerprint density at radius 1 is 1.19 bits per heavy atom. The van der Waals surface area contributed by atoms with Crippen molar-refractivity contribution < 1.29 is 19.1 Å². The van der Waals surface area contributed by atoms with Gasteiger partial charge in [0.2, 0.25) is 0 Å². The van der Waals surface area contributed by atoms with E-state index in [0.29, 0.717) is 24.4 Å². The van der Waals surface area contributed by atoms with Gasteiger partial charge in [0.25, 0.3) is 5.91 Å². The number of nitrogens with zero attached hydrogens (tertiary/aromatic N) is 2. The normalized spacial score (nSPS) is 20.8. The summed E-state index contributed by atoms with van der Waals surface area (Å²) in [4.78, 5) is 39.7. The van der Waals surface area contributed by atoms with Gasteiger partial charge in [0.1, 0.15) is 11.3 Å². The highest BCUT2D eigenvalue weighted by Crippen LogP contribution is 2.38. The summed E-state index contributed by atoms with van der Waals surface area (Å²) in [7, 11) is 1.61. The zero-order valence-electron chi connectivity index (χ0n) is 18.5. The Morgan fingerprint density at radius 3 is 2.48 bits per heavy atom. The van der Waals surface area contributed by atoms with E-state index in [1.165, 1.54) is 0 Å². The van der Waals surface area contributed by atoms with Gasteiger partial charge < -0.3 is 14.6 Å². The summed E-state index contributed by atoms with van der Waals surface area (Å²) in [6, 6.07) is 9.47. The van der Waals surface area contributed by atoms with Crippen LogP contribution in [0, 0.1) is 13.8 Å². The number of aryl methyl sites for hydroxylation is 2. The molecule has 2 fully saturated rings. The van der Waals surface area contributed by atoms with Gasteiger partial charge in [-0.3, -0.25) is 14.5 Å². The molecule has 0 radical (unpaired) electrons. The predicted octanol–water partition coefficient (Wildman–Crippen LogP) is 3.57. The topological polar surface area (TPSA) is 80.6 Å². The molecule has 4 rings (SSSR count). The van der Waals surface area contributed by atoms with Crippen LogP contribution in [0.5, 0.6) is 5.75 Å². The van der Waals surface area contributed by atoms with Gasteiger partial charge in [0, 0.05) is 23.0 Å². The fourth-order valence-electron chi connectivity index (χ4n) is 4.43. The first kappa shape index (κ1) is 21.2. The molecule has 1 aromatic heterocycles. The van der Waals surface area contributed by atoms with Gasteiger partial charge >= 0.3 is 6.03 Å².